The average molecular weight is 315 g/mol. The van der Waals surface area contributed by atoms with Crippen LogP contribution < -0.4 is 0 Å². The summed E-state index contributed by atoms with van der Waals surface area (Å²) in [6.45, 7) is 6.00. The van der Waals surface area contributed by atoms with Gasteiger partial charge in [0.25, 0.3) is 5.91 Å². The van der Waals surface area contributed by atoms with Crippen molar-refractivity contribution in [3.63, 3.8) is 0 Å². The Hall–Kier alpha value is -0.800. The number of pyridine rings is 1. The largest absolute Gasteiger partial charge is 0.337 e. The van der Waals surface area contributed by atoms with E-state index < -0.39 is 0 Å². The molecule has 3 nitrogen and oxygen atoms in total. The third-order valence-electron chi connectivity index (χ3n) is 4.63. The van der Waals surface area contributed by atoms with Crippen LogP contribution in [0.5, 0.6) is 0 Å². The zero-order valence-corrected chi connectivity index (χ0v) is 13.5. The molecule has 0 N–H and O–H groups in total. The lowest BCUT2D eigenvalue weighted by atomic mass is 9.74. The molecule has 0 aromatic carbocycles. The van der Waals surface area contributed by atoms with Gasteiger partial charge in [0.05, 0.1) is 5.02 Å². The summed E-state index contributed by atoms with van der Waals surface area (Å²) in [4.78, 5) is 18.4. The molecule has 110 valence electrons. The van der Waals surface area contributed by atoms with Crippen molar-refractivity contribution in [2.24, 2.45) is 5.41 Å². The highest BCUT2D eigenvalue weighted by molar-refractivity contribution is 6.34. The molecule has 0 spiro atoms. The number of hydrogen-bond acceptors (Lipinski definition) is 2. The number of nitrogens with zero attached hydrogens (tertiary/aromatic N) is 2. The van der Waals surface area contributed by atoms with E-state index in [2.05, 4.69) is 18.8 Å². The Labute approximate surface area is 130 Å². The predicted molar refractivity (Wildman–Crippen MR) is 82.4 cm³/mol. The fourth-order valence-corrected chi connectivity index (χ4v) is 3.19. The second-order valence-corrected chi connectivity index (χ2v) is 6.26. The van der Waals surface area contributed by atoms with Gasteiger partial charge in [0.1, 0.15) is 10.8 Å². The molecule has 0 atom stereocenters. The van der Waals surface area contributed by atoms with Crippen LogP contribution in [0.2, 0.25) is 10.2 Å². The van der Waals surface area contributed by atoms with E-state index in [0.29, 0.717) is 15.6 Å². The maximum Gasteiger partial charge on any atom is 0.274 e. The van der Waals surface area contributed by atoms with Gasteiger partial charge in [-0.15, -0.1) is 0 Å². The van der Waals surface area contributed by atoms with E-state index in [0.717, 1.165) is 25.9 Å². The van der Waals surface area contributed by atoms with Crippen molar-refractivity contribution in [1.82, 2.24) is 9.88 Å². The Bertz CT molecular complexity index is 491. The summed E-state index contributed by atoms with van der Waals surface area (Å²) in [5.74, 6) is -0.113. The lowest BCUT2D eigenvalue weighted by molar-refractivity contribution is 0.0552. The van der Waals surface area contributed by atoms with E-state index in [1.54, 1.807) is 12.1 Å². The first-order valence-corrected chi connectivity index (χ1v) is 7.88. The van der Waals surface area contributed by atoms with Crippen LogP contribution in [0.1, 0.15) is 50.0 Å². The first-order valence-electron chi connectivity index (χ1n) is 7.12. The molecule has 0 aliphatic carbocycles. The highest BCUT2D eigenvalue weighted by atomic mass is 35.5. The van der Waals surface area contributed by atoms with Crippen LogP contribution >= 0.6 is 23.2 Å². The maximum absolute atomic E-state index is 12.5. The molecule has 20 heavy (non-hydrogen) atoms. The molecule has 1 aliphatic rings. The van der Waals surface area contributed by atoms with Crippen LogP contribution in [-0.2, 0) is 0 Å². The van der Waals surface area contributed by atoms with Gasteiger partial charge in [0.2, 0.25) is 0 Å². The highest BCUT2D eigenvalue weighted by Crippen LogP contribution is 2.38. The SMILES string of the molecule is CCC1(CC)CCN(C(=O)c2nc(Cl)ccc2Cl)CC1. The van der Waals surface area contributed by atoms with Gasteiger partial charge in [-0.1, -0.05) is 49.9 Å². The molecule has 1 aromatic rings. The first-order chi connectivity index (χ1) is 9.51. The van der Waals surface area contributed by atoms with E-state index in [1.807, 2.05) is 4.90 Å². The number of halogens is 2. The van der Waals surface area contributed by atoms with Crippen LogP contribution in [0.15, 0.2) is 12.1 Å². The van der Waals surface area contributed by atoms with Gasteiger partial charge >= 0.3 is 0 Å². The second-order valence-electron chi connectivity index (χ2n) is 5.46. The number of amides is 1. The van der Waals surface area contributed by atoms with Crippen molar-refractivity contribution in [3.05, 3.63) is 28.0 Å². The first kappa shape index (κ1) is 15.6. The third kappa shape index (κ3) is 3.09. The molecule has 1 saturated heterocycles. The van der Waals surface area contributed by atoms with Crippen molar-refractivity contribution in [1.29, 1.82) is 0 Å². The Kier molecular flexibility index (Phi) is 4.92. The van der Waals surface area contributed by atoms with Crippen LogP contribution in [0.3, 0.4) is 0 Å². The molecule has 1 fully saturated rings. The molecule has 0 saturated carbocycles. The number of piperidine rings is 1. The molecule has 0 radical (unpaired) electrons. The Balaban J connectivity index is 2.10. The number of carbonyl (C=O) groups excluding carboxylic acids is 1. The summed E-state index contributed by atoms with van der Waals surface area (Å²) in [6.07, 6.45) is 4.43. The topological polar surface area (TPSA) is 33.2 Å². The normalized spacial score (nSPS) is 18.1. The number of hydrogen-bond donors (Lipinski definition) is 0. The van der Waals surface area contributed by atoms with Crippen molar-refractivity contribution < 1.29 is 4.79 Å². The number of rotatable bonds is 3. The second kappa shape index (κ2) is 6.31. The summed E-state index contributed by atoms with van der Waals surface area (Å²) in [5, 5.41) is 0.661. The Morgan fingerprint density at radius 2 is 1.85 bits per heavy atom. The number of aromatic nitrogens is 1. The van der Waals surface area contributed by atoms with E-state index in [1.165, 1.54) is 12.8 Å². The lowest BCUT2D eigenvalue weighted by Crippen LogP contribution is -2.43. The highest BCUT2D eigenvalue weighted by Gasteiger charge is 2.33. The molecular weight excluding hydrogens is 295 g/mol. The smallest absolute Gasteiger partial charge is 0.274 e. The van der Waals surface area contributed by atoms with Gasteiger partial charge in [-0.05, 0) is 30.4 Å². The summed E-state index contributed by atoms with van der Waals surface area (Å²) in [7, 11) is 0. The summed E-state index contributed by atoms with van der Waals surface area (Å²) >= 11 is 11.9. The predicted octanol–water partition coefficient (Wildman–Crippen LogP) is 4.43. The fraction of sp³-hybridized carbons (Fsp3) is 0.600. The van der Waals surface area contributed by atoms with Gasteiger partial charge in [0.15, 0.2) is 0 Å². The van der Waals surface area contributed by atoms with Gasteiger partial charge in [-0.2, -0.15) is 0 Å². The molecule has 0 bridgehead atoms. The zero-order chi connectivity index (χ0) is 14.8. The van der Waals surface area contributed by atoms with E-state index >= 15 is 0 Å². The van der Waals surface area contributed by atoms with Gasteiger partial charge < -0.3 is 4.90 Å². The molecular formula is C15H20Cl2N2O. The van der Waals surface area contributed by atoms with Crippen LogP contribution in [0.4, 0.5) is 0 Å². The van der Waals surface area contributed by atoms with E-state index in [4.69, 9.17) is 23.2 Å². The van der Waals surface area contributed by atoms with Crippen LogP contribution in [0.25, 0.3) is 0 Å². The fourth-order valence-electron chi connectivity index (χ4n) is 2.86. The molecule has 2 heterocycles. The zero-order valence-electron chi connectivity index (χ0n) is 12.0. The molecule has 1 amide bonds. The molecule has 5 heteroatoms. The lowest BCUT2D eigenvalue weighted by Gasteiger charge is -2.40. The molecule has 0 unspecified atom stereocenters. The molecule has 1 aromatic heterocycles. The van der Waals surface area contributed by atoms with E-state index in [9.17, 15) is 4.79 Å². The van der Waals surface area contributed by atoms with Gasteiger partial charge in [-0.25, -0.2) is 4.98 Å². The average Bonchev–Trinajstić information content (AvgIpc) is 2.49. The summed E-state index contributed by atoms with van der Waals surface area (Å²) in [6, 6.07) is 3.21. The summed E-state index contributed by atoms with van der Waals surface area (Å²) in [5.41, 5.74) is 0.655. The minimum absolute atomic E-state index is 0.113. The summed E-state index contributed by atoms with van der Waals surface area (Å²) < 4.78 is 0. The van der Waals surface area contributed by atoms with Crippen LogP contribution in [-0.4, -0.2) is 28.9 Å². The monoisotopic (exact) mass is 314 g/mol. The third-order valence-corrected chi connectivity index (χ3v) is 5.14. The van der Waals surface area contributed by atoms with Gasteiger partial charge in [-0.3, -0.25) is 4.79 Å². The minimum atomic E-state index is -0.113. The van der Waals surface area contributed by atoms with E-state index in [-0.39, 0.29) is 11.6 Å². The number of likely N-dealkylation sites (tertiary alicyclic amines) is 1. The van der Waals surface area contributed by atoms with Crippen molar-refractivity contribution in [2.45, 2.75) is 39.5 Å². The standard InChI is InChI=1S/C15H20Cl2N2O/c1-3-15(4-2)7-9-19(10-8-15)14(20)13-11(16)5-6-12(17)18-13/h5-6H,3-4,7-10H2,1-2H3. The minimum Gasteiger partial charge on any atom is -0.337 e. The Morgan fingerprint density at radius 3 is 2.40 bits per heavy atom. The van der Waals surface area contributed by atoms with Gasteiger partial charge in [0, 0.05) is 13.1 Å². The molecule has 1 aliphatic heterocycles. The molecule has 2 rings (SSSR count). The maximum atomic E-state index is 12.5. The van der Waals surface area contributed by atoms with Crippen molar-refractivity contribution >= 4 is 29.1 Å². The van der Waals surface area contributed by atoms with Crippen LogP contribution in [0, 0.1) is 5.41 Å². The number of carbonyl (C=O) groups is 1. The quantitative estimate of drug-likeness (QED) is 0.773. The van der Waals surface area contributed by atoms with Crippen molar-refractivity contribution in [2.75, 3.05) is 13.1 Å². The van der Waals surface area contributed by atoms with Crippen molar-refractivity contribution in [3.8, 4) is 0 Å². The Morgan fingerprint density at radius 1 is 1.25 bits per heavy atom.